The highest BCUT2D eigenvalue weighted by Gasteiger charge is 2.28. The van der Waals surface area contributed by atoms with Crippen LogP contribution in [0.25, 0.3) is 16.8 Å². The molecule has 0 aliphatic carbocycles. The Labute approximate surface area is 253 Å². The number of ether oxygens (including phenoxy) is 2. The summed E-state index contributed by atoms with van der Waals surface area (Å²) in [5, 5.41) is 4.50. The molecule has 212 valence electrons. The van der Waals surface area contributed by atoms with Gasteiger partial charge in [0.05, 0.1) is 11.9 Å². The molecular formula is C32H33IN4O4. The number of hydrogen-bond acceptors (Lipinski definition) is 6. The average Bonchev–Trinajstić information content (AvgIpc) is 2.95. The van der Waals surface area contributed by atoms with Crippen molar-refractivity contribution in [2.75, 3.05) is 31.1 Å². The van der Waals surface area contributed by atoms with Gasteiger partial charge in [-0.2, -0.15) is 9.78 Å². The predicted octanol–water partition coefficient (Wildman–Crippen LogP) is 6.66. The van der Waals surface area contributed by atoms with Crippen LogP contribution in [0.15, 0.2) is 83.8 Å². The van der Waals surface area contributed by atoms with Crippen LogP contribution in [-0.2, 0) is 4.74 Å². The zero-order valence-electron chi connectivity index (χ0n) is 23.6. The van der Waals surface area contributed by atoms with E-state index < -0.39 is 5.60 Å². The maximum atomic E-state index is 13.8. The lowest BCUT2D eigenvalue weighted by Crippen LogP contribution is -2.50. The minimum absolute atomic E-state index is 0.188. The normalized spacial score (nSPS) is 13.7. The molecule has 1 aliphatic rings. The Morgan fingerprint density at radius 2 is 1.44 bits per heavy atom. The van der Waals surface area contributed by atoms with Gasteiger partial charge < -0.3 is 19.3 Å². The van der Waals surface area contributed by atoms with E-state index in [9.17, 15) is 9.59 Å². The first-order valence-electron chi connectivity index (χ1n) is 13.5. The number of carbonyl (C=O) groups excluding carboxylic acids is 1. The highest BCUT2D eigenvalue weighted by atomic mass is 127. The summed E-state index contributed by atoms with van der Waals surface area (Å²) in [5.41, 5.74) is 3.57. The number of aromatic nitrogens is 2. The smallest absolute Gasteiger partial charge is 0.410 e. The maximum Gasteiger partial charge on any atom is 0.410 e. The molecule has 1 amide bonds. The lowest BCUT2D eigenvalue weighted by molar-refractivity contribution is 0.0240. The molecule has 0 spiro atoms. The first-order valence-corrected chi connectivity index (χ1v) is 14.6. The molecule has 4 aromatic rings. The third kappa shape index (κ3) is 6.90. The Kier molecular flexibility index (Phi) is 8.35. The maximum absolute atomic E-state index is 13.8. The molecule has 41 heavy (non-hydrogen) atoms. The number of halogens is 1. The van der Waals surface area contributed by atoms with Crippen molar-refractivity contribution in [3.8, 4) is 28.3 Å². The number of rotatable bonds is 5. The molecule has 1 aromatic heterocycles. The van der Waals surface area contributed by atoms with Crippen molar-refractivity contribution in [2.45, 2.75) is 33.3 Å². The number of benzene rings is 3. The Bertz CT molecular complexity index is 1570. The summed E-state index contributed by atoms with van der Waals surface area (Å²) in [5.74, 6) is 0.736. The van der Waals surface area contributed by atoms with E-state index in [-0.39, 0.29) is 17.4 Å². The SMILES string of the molecule is Cc1ccc(-n2ncc(N3CCN(C(=O)OC(C)(C)C)CC3)c(Oc3ccc(-c4ccc(I)cc4)cc3)c2=O)cc1. The van der Waals surface area contributed by atoms with Gasteiger partial charge in [-0.05, 0) is 97.8 Å². The lowest BCUT2D eigenvalue weighted by atomic mass is 10.1. The van der Waals surface area contributed by atoms with Crippen molar-refractivity contribution in [1.29, 1.82) is 0 Å². The molecule has 0 N–H and O–H groups in total. The van der Waals surface area contributed by atoms with Crippen molar-refractivity contribution >= 4 is 34.4 Å². The van der Waals surface area contributed by atoms with Gasteiger partial charge in [0.1, 0.15) is 17.0 Å². The first-order chi connectivity index (χ1) is 19.6. The molecule has 5 rings (SSSR count). The Balaban J connectivity index is 1.44. The minimum atomic E-state index is -0.561. The number of nitrogens with zero attached hydrogens (tertiary/aromatic N) is 4. The number of amides is 1. The minimum Gasteiger partial charge on any atom is -0.449 e. The van der Waals surface area contributed by atoms with Gasteiger partial charge in [0, 0.05) is 29.7 Å². The highest BCUT2D eigenvalue weighted by Crippen LogP contribution is 2.31. The van der Waals surface area contributed by atoms with Crippen LogP contribution < -0.4 is 15.2 Å². The van der Waals surface area contributed by atoms with Crippen LogP contribution in [0.3, 0.4) is 0 Å². The van der Waals surface area contributed by atoms with Gasteiger partial charge in [-0.1, -0.05) is 42.0 Å². The fraction of sp³-hybridized carbons (Fsp3) is 0.281. The quantitative estimate of drug-likeness (QED) is 0.222. The summed E-state index contributed by atoms with van der Waals surface area (Å²) >= 11 is 2.29. The van der Waals surface area contributed by atoms with Crippen LogP contribution in [0.5, 0.6) is 11.5 Å². The Morgan fingerprint density at radius 1 is 0.854 bits per heavy atom. The van der Waals surface area contributed by atoms with Gasteiger partial charge in [0.25, 0.3) is 0 Å². The monoisotopic (exact) mass is 664 g/mol. The van der Waals surface area contributed by atoms with E-state index in [0.29, 0.717) is 43.3 Å². The highest BCUT2D eigenvalue weighted by molar-refractivity contribution is 14.1. The molecule has 8 nitrogen and oxygen atoms in total. The molecule has 1 aliphatic heterocycles. The van der Waals surface area contributed by atoms with E-state index >= 15 is 0 Å². The predicted molar refractivity (Wildman–Crippen MR) is 169 cm³/mol. The number of piperazine rings is 1. The van der Waals surface area contributed by atoms with Crippen molar-refractivity contribution < 1.29 is 14.3 Å². The molecule has 3 aromatic carbocycles. The first kappa shape index (κ1) is 28.7. The topological polar surface area (TPSA) is 76.9 Å². The van der Waals surface area contributed by atoms with Crippen LogP contribution in [0, 0.1) is 10.5 Å². The molecule has 0 unspecified atom stereocenters. The summed E-state index contributed by atoms with van der Waals surface area (Å²) in [6.07, 6.45) is 1.33. The lowest BCUT2D eigenvalue weighted by Gasteiger charge is -2.37. The van der Waals surface area contributed by atoms with E-state index in [1.807, 2.05) is 81.1 Å². The molecule has 9 heteroatoms. The van der Waals surface area contributed by atoms with Crippen LogP contribution in [-0.4, -0.2) is 52.6 Å². The van der Waals surface area contributed by atoms with E-state index in [0.717, 1.165) is 16.7 Å². The summed E-state index contributed by atoms with van der Waals surface area (Å²) < 4.78 is 14.4. The summed E-state index contributed by atoms with van der Waals surface area (Å²) in [6, 6.07) is 23.6. The number of anilines is 1. The van der Waals surface area contributed by atoms with E-state index in [1.54, 1.807) is 11.1 Å². The largest absolute Gasteiger partial charge is 0.449 e. The summed E-state index contributed by atoms with van der Waals surface area (Å²) in [7, 11) is 0. The van der Waals surface area contributed by atoms with Crippen molar-refractivity contribution in [3.05, 3.63) is 98.5 Å². The second-order valence-electron chi connectivity index (χ2n) is 11.0. The van der Waals surface area contributed by atoms with E-state index in [1.165, 1.54) is 8.25 Å². The fourth-order valence-corrected chi connectivity index (χ4v) is 4.91. The van der Waals surface area contributed by atoms with Crippen molar-refractivity contribution in [3.63, 3.8) is 0 Å². The van der Waals surface area contributed by atoms with Gasteiger partial charge in [-0.3, -0.25) is 4.79 Å². The number of aryl methyl sites for hydroxylation is 1. The zero-order valence-corrected chi connectivity index (χ0v) is 25.8. The molecule has 0 atom stereocenters. The molecule has 1 fully saturated rings. The van der Waals surface area contributed by atoms with Crippen LogP contribution in [0.1, 0.15) is 26.3 Å². The molecule has 1 saturated heterocycles. The Morgan fingerprint density at radius 3 is 2.02 bits per heavy atom. The van der Waals surface area contributed by atoms with Gasteiger partial charge in [-0.25, -0.2) is 4.79 Å². The number of hydrogen-bond donors (Lipinski definition) is 0. The molecule has 0 bridgehead atoms. The fourth-order valence-electron chi connectivity index (χ4n) is 4.55. The van der Waals surface area contributed by atoms with Crippen molar-refractivity contribution in [1.82, 2.24) is 14.7 Å². The third-order valence-corrected chi connectivity index (χ3v) is 7.44. The van der Waals surface area contributed by atoms with Crippen LogP contribution >= 0.6 is 22.6 Å². The van der Waals surface area contributed by atoms with E-state index in [4.69, 9.17) is 9.47 Å². The third-order valence-electron chi connectivity index (χ3n) is 6.72. The summed E-state index contributed by atoms with van der Waals surface area (Å²) in [6.45, 7) is 9.49. The molecule has 0 saturated carbocycles. The van der Waals surface area contributed by atoms with Gasteiger partial charge in [0.15, 0.2) is 0 Å². The zero-order chi connectivity index (χ0) is 29.1. The van der Waals surface area contributed by atoms with E-state index in [2.05, 4.69) is 52.0 Å². The van der Waals surface area contributed by atoms with Gasteiger partial charge in [0.2, 0.25) is 5.75 Å². The Hall–Kier alpha value is -3.86. The standard InChI is InChI=1S/C32H33IN4O4/c1-22-5-13-26(14-6-22)37-30(38)29(40-27-15-9-24(10-16-27)23-7-11-25(33)12-8-23)28(21-34-37)35-17-19-36(20-18-35)31(39)41-32(2,3)4/h5-16,21H,17-20H2,1-4H3. The second kappa shape index (κ2) is 11.9. The van der Waals surface area contributed by atoms with Gasteiger partial charge >= 0.3 is 11.7 Å². The average molecular weight is 665 g/mol. The van der Waals surface area contributed by atoms with Crippen molar-refractivity contribution in [2.24, 2.45) is 0 Å². The van der Waals surface area contributed by atoms with Crippen LogP contribution in [0.2, 0.25) is 0 Å². The molecular weight excluding hydrogens is 631 g/mol. The summed E-state index contributed by atoms with van der Waals surface area (Å²) in [4.78, 5) is 30.1. The van der Waals surface area contributed by atoms with Crippen LogP contribution in [0.4, 0.5) is 10.5 Å². The van der Waals surface area contributed by atoms with Gasteiger partial charge in [-0.15, -0.1) is 0 Å². The molecule has 0 radical (unpaired) electrons. The molecule has 2 heterocycles. The number of carbonyl (C=O) groups is 1. The second-order valence-corrected chi connectivity index (χ2v) is 12.2.